The minimum atomic E-state index is -0.771. The number of carbonyl (C=O) groups is 2. The molecule has 5 atom stereocenters. The molecule has 0 N–H and O–H groups in total. The zero-order valence-electron chi connectivity index (χ0n) is 20.4. The number of hydrogen-bond acceptors (Lipinski definition) is 7. The molecule has 8 nitrogen and oxygen atoms in total. The Morgan fingerprint density at radius 3 is 2.29 bits per heavy atom. The minimum Gasteiger partial charge on any atom is -0.445 e. The molecule has 4 rings (SSSR count). The largest absolute Gasteiger partial charge is 0.445 e. The molecule has 35 heavy (non-hydrogen) atoms. The van der Waals surface area contributed by atoms with Gasteiger partial charge in [-0.3, -0.25) is 0 Å². The maximum absolute atomic E-state index is 13.3. The van der Waals surface area contributed by atoms with E-state index in [1.807, 2.05) is 74.5 Å². The van der Waals surface area contributed by atoms with Gasteiger partial charge in [-0.05, 0) is 31.4 Å². The van der Waals surface area contributed by atoms with E-state index >= 15 is 0 Å². The van der Waals surface area contributed by atoms with Crippen molar-refractivity contribution >= 4 is 12.4 Å². The van der Waals surface area contributed by atoms with Gasteiger partial charge >= 0.3 is 6.09 Å². The van der Waals surface area contributed by atoms with Gasteiger partial charge in [0.05, 0.1) is 6.10 Å². The van der Waals surface area contributed by atoms with Crippen LogP contribution in [0.15, 0.2) is 60.7 Å². The average molecular weight is 484 g/mol. The zero-order valence-corrected chi connectivity index (χ0v) is 20.4. The van der Waals surface area contributed by atoms with Crippen LogP contribution in [-0.4, -0.2) is 60.8 Å². The molecule has 2 heterocycles. The van der Waals surface area contributed by atoms with Crippen LogP contribution in [0, 0.1) is 0 Å². The number of nitrogens with zero attached hydrogens (tertiary/aromatic N) is 1. The van der Waals surface area contributed by atoms with Crippen LogP contribution in [-0.2, 0) is 41.6 Å². The number of aldehydes is 1. The van der Waals surface area contributed by atoms with Crippen molar-refractivity contribution in [2.75, 3.05) is 7.11 Å². The van der Waals surface area contributed by atoms with Crippen LogP contribution < -0.4 is 0 Å². The summed E-state index contributed by atoms with van der Waals surface area (Å²) in [6.45, 7) is 4.13. The van der Waals surface area contributed by atoms with Gasteiger partial charge in [0.25, 0.3) is 0 Å². The van der Waals surface area contributed by atoms with Crippen molar-refractivity contribution in [2.45, 2.75) is 76.3 Å². The Bertz CT molecular complexity index is 968. The second-order valence-electron chi connectivity index (χ2n) is 9.29. The summed E-state index contributed by atoms with van der Waals surface area (Å²) in [6, 6.07) is 18.6. The molecule has 2 aliphatic heterocycles. The Morgan fingerprint density at radius 1 is 1.03 bits per heavy atom. The van der Waals surface area contributed by atoms with Crippen molar-refractivity contribution in [3.8, 4) is 0 Å². The summed E-state index contributed by atoms with van der Waals surface area (Å²) in [5, 5.41) is 0. The third kappa shape index (κ3) is 6.27. The summed E-state index contributed by atoms with van der Waals surface area (Å²) in [6.07, 6.45) is -0.936. The molecule has 0 bridgehead atoms. The highest BCUT2D eigenvalue weighted by Gasteiger charge is 2.56. The molecule has 0 aromatic heterocycles. The summed E-state index contributed by atoms with van der Waals surface area (Å²) in [4.78, 5) is 26.6. The Kier molecular flexibility index (Phi) is 8.18. The standard InChI is InChI=1S/C27H33NO7/c1-27(2)34-23-22(33-25(31-3)24(23)35-27)16-21(14-15-29)28(17-19-10-6-4-7-11-19)26(30)32-18-20-12-8-5-9-13-20/h4-13,15,21-25H,14,16-18H2,1-3H3/t21-,22+,23+,24+,25+/m0/s1. The third-order valence-corrected chi connectivity index (χ3v) is 6.29. The number of amides is 1. The lowest BCUT2D eigenvalue weighted by Gasteiger charge is -2.33. The molecule has 2 aromatic rings. The lowest BCUT2D eigenvalue weighted by Crippen LogP contribution is -2.44. The zero-order chi connectivity index (χ0) is 24.8. The molecule has 8 heteroatoms. The fourth-order valence-electron chi connectivity index (χ4n) is 4.68. The molecule has 0 unspecified atom stereocenters. The second-order valence-corrected chi connectivity index (χ2v) is 9.29. The molecule has 1 amide bonds. The Hall–Kier alpha value is -2.78. The van der Waals surface area contributed by atoms with Gasteiger partial charge in [-0.25, -0.2) is 4.79 Å². The van der Waals surface area contributed by atoms with Gasteiger partial charge in [-0.2, -0.15) is 0 Å². The monoisotopic (exact) mass is 483 g/mol. The number of fused-ring (bicyclic) bond motifs is 1. The van der Waals surface area contributed by atoms with Crippen molar-refractivity contribution in [1.29, 1.82) is 0 Å². The third-order valence-electron chi connectivity index (χ3n) is 6.29. The molecule has 2 aromatic carbocycles. The second kappa shape index (κ2) is 11.3. The smallest absolute Gasteiger partial charge is 0.410 e. The van der Waals surface area contributed by atoms with E-state index in [1.54, 1.807) is 12.0 Å². The van der Waals surface area contributed by atoms with E-state index in [-0.39, 0.29) is 25.2 Å². The Morgan fingerprint density at radius 2 is 1.66 bits per heavy atom. The van der Waals surface area contributed by atoms with E-state index in [1.165, 1.54) is 0 Å². The van der Waals surface area contributed by atoms with E-state index in [4.69, 9.17) is 23.7 Å². The topological polar surface area (TPSA) is 83.5 Å². The van der Waals surface area contributed by atoms with Gasteiger partial charge in [0.15, 0.2) is 12.1 Å². The quantitative estimate of drug-likeness (QED) is 0.471. The van der Waals surface area contributed by atoms with Gasteiger partial charge in [-0.1, -0.05) is 60.7 Å². The first-order valence-electron chi connectivity index (χ1n) is 11.9. The molecule has 188 valence electrons. The highest BCUT2D eigenvalue weighted by Crippen LogP contribution is 2.40. The van der Waals surface area contributed by atoms with E-state index < -0.39 is 30.3 Å². The maximum atomic E-state index is 13.3. The number of carbonyl (C=O) groups excluding carboxylic acids is 2. The van der Waals surface area contributed by atoms with Crippen molar-refractivity contribution in [2.24, 2.45) is 0 Å². The van der Waals surface area contributed by atoms with Gasteiger partial charge in [0, 0.05) is 26.1 Å². The number of methoxy groups -OCH3 is 1. The van der Waals surface area contributed by atoms with E-state index in [0.29, 0.717) is 13.0 Å². The molecular formula is C27H33NO7. The number of rotatable bonds is 10. The number of ether oxygens (including phenoxy) is 5. The van der Waals surface area contributed by atoms with Crippen LogP contribution >= 0.6 is 0 Å². The minimum absolute atomic E-state index is 0.131. The first-order chi connectivity index (χ1) is 16.9. The fraction of sp³-hybridized carbons (Fsp3) is 0.481. The van der Waals surface area contributed by atoms with Crippen LogP contribution in [0.3, 0.4) is 0 Å². The lowest BCUT2D eigenvalue weighted by molar-refractivity contribution is -0.228. The van der Waals surface area contributed by atoms with Crippen LogP contribution in [0.5, 0.6) is 0 Å². The number of hydrogen-bond donors (Lipinski definition) is 0. The van der Waals surface area contributed by atoms with Crippen LogP contribution in [0.2, 0.25) is 0 Å². The van der Waals surface area contributed by atoms with E-state index in [9.17, 15) is 9.59 Å². The highest BCUT2D eigenvalue weighted by atomic mass is 16.8. The van der Waals surface area contributed by atoms with Gasteiger partial charge < -0.3 is 33.4 Å². The molecule has 0 spiro atoms. The average Bonchev–Trinajstić information content (AvgIpc) is 3.34. The fourth-order valence-corrected chi connectivity index (χ4v) is 4.68. The number of benzene rings is 2. The van der Waals surface area contributed by atoms with Gasteiger partial charge in [-0.15, -0.1) is 0 Å². The first kappa shape index (κ1) is 25.3. The van der Waals surface area contributed by atoms with Crippen molar-refractivity contribution in [1.82, 2.24) is 4.90 Å². The van der Waals surface area contributed by atoms with Crippen molar-refractivity contribution in [3.05, 3.63) is 71.8 Å². The lowest BCUT2D eigenvalue weighted by atomic mass is 9.99. The van der Waals surface area contributed by atoms with Crippen LogP contribution in [0.25, 0.3) is 0 Å². The summed E-state index contributed by atoms with van der Waals surface area (Å²) < 4.78 is 29.3. The normalized spacial score (nSPS) is 25.6. The Balaban J connectivity index is 1.53. The molecule has 2 fully saturated rings. The summed E-state index contributed by atoms with van der Waals surface area (Å²) in [5.74, 6) is -0.771. The first-order valence-corrected chi connectivity index (χ1v) is 11.9. The van der Waals surface area contributed by atoms with Crippen LogP contribution in [0.1, 0.15) is 37.8 Å². The molecule has 2 saturated heterocycles. The molecule has 2 aliphatic rings. The predicted octanol–water partition coefficient (Wildman–Crippen LogP) is 4.06. The van der Waals surface area contributed by atoms with Gasteiger partial charge in [0.2, 0.25) is 0 Å². The predicted molar refractivity (Wildman–Crippen MR) is 127 cm³/mol. The van der Waals surface area contributed by atoms with Crippen molar-refractivity contribution in [3.63, 3.8) is 0 Å². The van der Waals surface area contributed by atoms with Gasteiger partial charge in [0.1, 0.15) is 25.1 Å². The summed E-state index contributed by atoms with van der Waals surface area (Å²) in [5.41, 5.74) is 1.82. The van der Waals surface area contributed by atoms with E-state index in [0.717, 1.165) is 17.4 Å². The molecule has 0 aliphatic carbocycles. The summed E-state index contributed by atoms with van der Waals surface area (Å²) in [7, 11) is 1.56. The van der Waals surface area contributed by atoms with E-state index in [2.05, 4.69) is 0 Å². The molecule has 0 radical (unpaired) electrons. The summed E-state index contributed by atoms with van der Waals surface area (Å²) >= 11 is 0. The highest BCUT2D eigenvalue weighted by molar-refractivity contribution is 5.69. The van der Waals surface area contributed by atoms with Crippen LogP contribution in [0.4, 0.5) is 4.79 Å². The maximum Gasteiger partial charge on any atom is 0.410 e. The molecular weight excluding hydrogens is 450 g/mol. The SMILES string of the molecule is CO[C@@H]1O[C@H](C[C@H](CC=O)N(Cc2ccccc2)C(=O)OCc2ccccc2)[C@H]2OC(C)(C)O[C@@H]12. The Labute approximate surface area is 206 Å². The van der Waals surface area contributed by atoms with Crippen molar-refractivity contribution < 1.29 is 33.3 Å². The molecule has 0 saturated carbocycles.